The fraction of sp³-hybridized carbons (Fsp3) is 0.150. The van der Waals surface area contributed by atoms with Crippen LogP contribution in [0.2, 0.25) is 0 Å². The molecule has 6 nitrogen and oxygen atoms in total. The lowest BCUT2D eigenvalue weighted by Crippen LogP contribution is -2.31. The number of hydrogen-bond donors (Lipinski definition) is 1. The first kappa shape index (κ1) is 17.0. The molecule has 0 spiro atoms. The molecule has 1 amide bonds. The molecule has 0 aliphatic heterocycles. The van der Waals surface area contributed by atoms with E-state index in [1.807, 2.05) is 36.9 Å². The van der Waals surface area contributed by atoms with Crippen molar-refractivity contribution in [3.05, 3.63) is 89.6 Å². The van der Waals surface area contributed by atoms with Crippen molar-refractivity contribution in [2.45, 2.75) is 13.0 Å². The number of fused-ring (bicyclic) bond motifs is 1. The van der Waals surface area contributed by atoms with Crippen molar-refractivity contribution >= 4 is 11.6 Å². The summed E-state index contributed by atoms with van der Waals surface area (Å²) in [6.45, 7) is 1.97. The number of rotatable bonds is 4. The largest absolute Gasteiger partial charge is 0.337 e. The second-order valence-corrected chi connectivity index (χ2v) is 6.45. The summed E-state index contributed by atoms with van der Waals surface area (Å²) in [6, 6.07) is 9.35. The predicted molar refractivity (Wildman–Crippen MR) is 98.8 cm³/mol. The van der Waals surface area contributed by atoms with E-state index in [0.29, 0.717) is 17.2 Å². The maximum atomic E-state index is 13.3. The molecule has 0 radical (unpaired) electrons. The molecular weight excluding hydrogens is 345 g/mol. The summed E-state index contributed by atoms with van der Waals surface area (Å²) in [5, 5.41) is 2.97. The zero-order chi connectivity index (χ0) is 19.0. The van der Waals surface area contributed by atoms with Gasteiger partial charge in [-0.3, -0.25) is 4.79 Å². The van der Waals surface area contributed by atoms with Gasteiger partial charge in [0.2, 0.25) is 0 Å². The number of nitrogens with zero attached hydrogens (tertiary/aromatic N) is 4. The van der Waals surface area contributed by atoms with Gasteiger partial charge in [-0.2, -0.15) is 0 Å². The number of carbonyl (C=O) groups excluding carboxylic acids is 1. The Morgan fingerprint density at radius 3 is 2.67 bits per heavy atom. The Kier molecular flexibility index (Phi) is 4.19. The van der Waals surface area contributed by atoms with E-state index in [4.69, 9.17) is 0 Å². The van der Waals surface area contributed by atoms with E-state index in [2.05, 4.69) is 15.3 Å². The molecule has 0 saturated carbocycles. The molecule has 0 saturated heterocycles. The molecule has 136 valence electrons. The second-order valence-electron chi connectivity index (χ2n) is 6.45. The maximum Gasteiger partial charge on any atom is 0.272 e. The van der Waals surface area contributed by atoms with Crippen LogP contribution in [-0.4, -0.2) is 24.8 Å². The van der Waals surface area contributed by atoms with Gasteiger partial charge in [0.1, 0.15) is 29.0 Å². The monoisotopic (exact) mass is 363 g/mol. The third-order valence-corrected chi connectivity index (χ3v) is 4.44. The smallest absolute Gasteiger partial charge is 0.272 e. The lowest BCUT2D eigenvalue weighted by Gasteiger charge is -2.18. The fourth-order valence-corrected chi connectivity index (χ4v) is 3.01. The molecule has 4 rings (SSSR count). The molecule has 0 aliphatic carbocycles. The van der Waals surface area contributed by atoms with E-state index >= 15 is 0 Å². The third kappa shape index (κ3) is 3.31. The van der Waals surface area contributed by atoms with Gasteiger partial charge in [0.15, 0.2) is 0 Å². The molecule has 0 fully saturated rings. The highest BCUT2D eigenvalue weighted by Crippen LogP contribution is 2.21. The number of halogens is 1. The highest BCUT2D eigenvalue weighted by Gasteiger charge is 2.22. The van der Waals surface area contributed by atoms with Gasteiger partial charge in [0, 0.05) is 31.8 Å². The summed E-state index contributed by atoms with van der Waals surface area (Å²) >= 11 is 0. The lowest BCUT2D eigenvalue weighted by atomic mass is 10.1. The first-order valence-electron chi connectivity index (χ1n) is 8.50. The number of amides is 1. The van der Waals surface area contributed by atoms with E-state index in [0.717, 1.165) is 11.1 Å². The molecule has 1 N–H and O–H groups in total. The highest BCUT2D eigenvalue weighted by atomic mass is 19.1. The van der Waals surface area contributed by atoms with E-state index in [-0.39, 0.29) is 11.7 Å². The van der Waals surface area contributed by atoms with Crippen molar-refractivity contribution in [3.8, 4) is 0 Å². The van der Waals surface area contributed by atoms with Gasteiger partial charge in [0.25, 0.3) is 5.91 Å². The van der Waals surface area contributed by atoms with E-state index < -0.39 is 6.04 Å². The number of aromatic nitrogens is 4. The molecule has 3 heterocycles. The van der Waals surface area contributed by atoms with Crippen LogP contribution in [0, 0.1) is 12.7 Å². The van der Waals surface area contributed by atoms with Crippen molar-refractivity contribution in [1.29, 1.82) is 0 Å². The van der Waals surface area contributed by atoms with Gasteiger partial charge in [-0.1, -0.05) is 12.1 Å². The summed E-state index contributed by atoms with van der Waals surface area (Å²) < 4.78 is 17.0. The van der Waals surface area contributed by atoms with Crippen molar-refractivity contribution < 1.29 is 9.18 Å². The molecule has 0 unspecified atom stereocenters. The summed E-state index contributed by atoms with van der Waals surface area (Å²) in [5.41, 5.74) is 2.81. The van der Waals surface area contributed by atoms with Crippen molar-refractivity contribution in [2.24, 2.45) is 7.05 Å². The molecular formula is C20H18FN5O. The first-order valence-corrected chi connectivity index (χ1v) is 8.50. The molecule has 1 atom stereocenters. The van der Waals surface area contributed by atoms with Crippen LogP contribution in [0.1, 0.15) is 33.5 Å². The van der Waals surface area contributed by atoms with Gasteiger partial charge in [-0.25, -0.2) is 14.4 Å². The van der Waals surface area contributed by atoms with Crippen molar-refractivity contribution in [2.75, 3.05) is 0 Å². The van der Waals surface area contributed by atoms with E-state index in [9.17, 15) is 9.18 Å². The Labute approximate surface area is 155 Å². The zero-order valence-electron chi connectivity index (χ0n) is 14.9. The van der Waals surface area contributed by atoms with Crippen LogP contribution >= 0.6 is 0 Å². The normalized spacial score (nSPS) is 12.3. The summed E-state index contributed by atoms with van der Waals surface area (Å²) in [4.78, 5) is 21.6. The molecule has 27 heavy (non-hydrogen) atoms. The van der Waals surface area contributed by atoms with Gasteiger partial charge in [-0.05, 0) is 42.3 Å². The maximum absolute atomic E-state index is 13.3. The minimum Gasteiger partial charge on any atom is -0.337 e. The highest BCUT2D eigenvalue weighted by molar-refractivity contribution is 5.93. The van der Waals surface area contributed by atoms with Gasteiger partial charge >= 0.3 is 0 Å². The number of benzene rings is 1. The minimum atomic E-state index is -0.523. The first-order chi connectivity index (χ1) is 13.0. The molecule has 3 aromatic heterocycles. The number of hydrogen-bond acceptors (Lipinski definition) is 3. The molecule has 4 aromatic rings. The van der Waals surface area contributed by atoms with Crippen LogP contribution < -0.4 is 5.32 Å². The topological polar surface area (TPSA) is 64.2 Å². The number of nitrogens with one attached hydrogen (secondary N) is 1. The van der Waals surface area contributed by atoms with Gasteiger partial charge in [-0.15, -0.1) is 0 Å². The van der Waals surface area contributed by atoms with Crippen LogP contribution in [0.4, 0.5) is 4.39 Å². The predicted octanol–water partition coefficient (Wildman–Crippen LogP) is 3.03. The van der Waals surface area contributed by atoms with Gasteiger partial charge in [0.05, 0.1) is 0 Å². The lowest BCUT2D eigenvalue weighted by molar-refractivity contribution is 0.0936. The average Bonchev–Trinajstić information content (AvgIpc) is 3.26. The quantitative estimate of drug-likeness (QED) is 0.606. The van der Waals surface area contributed by atoms with Crippen LogP contribution in [0.5, 0.6) is 0 Å². The Bertz CT molecular complexity index is 1110. The number of imidazole rings is 2. The van der Waals surface area contributed by atoms with Crippen molar-refractivity contribution in [1.82, 2.24) is 24.3 Å². The summed E-state index contributed by atoms with van der Waals surface area (Å²) in [7, 11) is 1.85. The SMILES string of the molecule is Cc1ccn2cc(C(=O)N[C@H](c3ccc(F)cc3)c3nccn3C)nc2c1. The fourth-order valence-electron chi connectivity index (χ4n) is 3.01. The molecule has 1 aromatic carbocycles. The molecule has 0 aliphatic rings. The number of carbonyl (C=O) groups is 1. The zero-order valence-corrected chi connectivity index (χ0v) is 14.9. The third-order valence-electron chi connectivity index (χ3n) is 4.44. The van der Waals surface area contributed by atoms with Crippen LogP contribution in [0.25, 0.3) is 5.65 Å². The van der Waals surface area contributed by atoms with Crippen LogP contribution in [0.15, 0.2) is 61.2 Å². The van der Waals surface area contributed by atoms with Crippen LogP contribution in [-0.2, 0) is 7.05 Å². The number of pyridine rings is 1. The average molecular weight is 363 g/mol. The minimum absolute atomic E-state index is 0.307. The Balaban J connectivity index is 1.68. The van der Waals surface area contributed by atoms with E-state index in [1.54, 1.807) is 35.1 Å². The number of aryl methyl sites for hydroxylation is 2. The van der Waals surface area contributed by atoms with Crippen LogP contribution in [0.3, 0.4) is 0 Å². The Morgan fingerprint density at radius 1 is 1.19 bits per heavy atom. The standard InChI is InChI=1S/C20H18FN5O/c1-13-7-9-26-12-16(23-17(26)11-13)20(27)24-18(19-22-8-10-25(19)2)14-3-5-15(21)6-4-14/h3-12,18H,1-2H3,(H,24,27)/t18-/m1/s1. The summed E-state index contributed by atoms with van der Waals surface area (Å²) in [6.07, 6.45) is 7.01. The Hall–Kier alpha value is -3.48. The molecule has 7 heteroatoms. The van der Waals surface area contributed by atoms with E-state index in [1.165, 1.54) is 12.1 Å². The van der Waals surface area contributed by atoms with Gasteiger partial charge < -0.3 is 14.3 Å². The molecule has 0 bridgehead atoms. The second kappa shape index (κ2) is 6.68. The Morgan fingerprint density at radius 2 is 1.96 bits per heavy atom. The van der Waals surface area contributed by atoms with Crippen molar-refractivity contribution in [3.63, 3.8) is 0 Å². The summed E-state index contributed by atoms with van der Waals surface area (Å²) in [5.74, 6) is -0.0115.